The summed E-state index contributed by atoms with van der Waals surface area (Å²) in [5.74, 6) is 0.871. The van der Waals surface area contributed by atoms with Crippen LogP contribution in [0.5, 0.6) is 5.75 Å². The maximum Gasteiger partial charge on any atom is 0.199 e. The predicted octanol–water partition coefficient (Wildman–Crippen LogP) is 3.01. The number of methoxy groups -OCH3 is 1. The molecule has 0 N–H and O–H groups in total. The smallest absolute Gasteiger partial charge is 0.199 e. The van der Waals surface area contributed by atoms with Gasteiger partial charge in [0, 0.05) is 13.5 Å². The standard InChI is InChI=1S/C12H18O2/c1-4-10-6-8-11(9-7-10)14-12(5-2)13-3/h6-9,12H,4-5H2,1-3H3. The van der Waals surface area contributed by atoms with Crippen molar-refractivity contribution in [3.05, 3.63) is 29.8 Å². The van der Waals surface area contributed by atoms with E-state index in [4.69, 9.17) is 9.47 Å². The first-order valence-electron chi connectivity index (χ1n) is 5.08. The average Bonchev–Trinajstić information content (AvgIpc) is 2.26. The first-order chi connectivity index (χ1) is 6.80. The van der Waals surface area contributed by atoms with E-state index in [0.717, 1.165) is 18.6 Å². The Bertz CT molecular complexity index is 250. The highest BCUT2D eigenvalue weighted by Gasteiger charge is 2.04. The van der Waals surface area contributed by atoms with Crippen LogP contribution in [0.25, 0.3) is 0 Å². The van der Waals surface area contributed by atoms with Gasteiger partial charge in [0.05, 0.1) is 0 Å². The zero-order valence-electron chi connectivity index (χ0n) is 9.12. The van der Waals surface area contributed by atoms with E-state index in [1.807, 2.05) is 19.1 Å². The number of hydrogen-bond acceptors (Lipinski definition) is 2. The molecule has 1 rings (SSSR count). The fourth-order valence-electron chi connectivity index (χ4n) is 1.25. The van der Waals surface area contributed by atoms with Crippen molar-refractivity contribution in [1.29, 1.82) is 0 Å². The van der Waals surface area contributed by atoms with E-state index in [-0.39, 0.29) is 6.29 Å². The summed E-state index contributed by atoms with van der Waals surface area (Å²) in [6.45, 7) is 4.18. The second-order valence-electron chi connectivity index (χ2n) is 3.19. The van der Waals surface area contributed by atoms with E-state index in [0.29, 0.717) is 0 Å². The highest BCUT2D eigenvalue weighted by atomic mass is 16.7. The predicted molar refractivity (Wildman–Crippen MR) is 57.5 cm³/mol. The Balaban J connectivity index is 2.58. The molecule has 0 radical (unpaired) electrons. The molecule has 0 aliphatic carbocycles. The largest absolute Gasteiger partial charge is 0.465 e. The van der Waals surface area contributed by atoms with Gasteiger partial charge in [0.1, 0.15) is 5.75 Å². The van der Waals surface area contributed by atoms with Gasteiger partial charge >= 0.3 is 0 Å². The van der Waals surface area contributed by atoms with E-state index in [1.165, 1.54) is 5.56 Å². The Morgan fingerprint density at radius 3 is 2.21 bits per heavy atom. The molecule has 0 aromatic heterocycles. The Kier molecular flexibility index (Phi) is 4.47. The summed E-state index contributed by atoms with van der Waals surface area (Å²) in [5.41, 5.74) is 1.32. The molecule has 78 valence electrons. The molecule has 1 atom stereocenters. The molecular weight excluding hydrogens is 176 g/mol. The quantitative estimate of drug-likeness (QED) is 0.671. The van der Waals surface area contributed by atoms with Crippen molar-refractivity contribution in [1.82, 2.24) is 0 Å². The van der Waals surface area contributed by atoms with Gasteiger partial charge < -0.3 is 9.47 Å². The Hall–Kier alpha value is -1.02. The van der Waals surface area contributed by atoms with Gasteiger partial charge in [-0.05, 0) is 24.1 Å². The van der Waals surface area contributed by atoms with Gasteiger partial charge in [-0.2, -0.15) is 0 Å². The number of aryl methyl sites for hydroxylation is 1. The molecule has 0 fully saturated rings. The molecule has 0 bridgehead atoms. The van der Waals surface area contributed by atoms with Gasteiger partial charge in [0.15, 0.2) is 6.29 Å². The minimum absolute atomic E-state index is 0.137. The third-order valence-electron chi connectivity index (χ3n) is 2.20. The highest BCUT2D eigenvalue weighted by Crippen LogP contribution is 2.15. The lowest BCUT2D eigenvalue weighted by atomic mass is 10.2. The molecule has 1 aromatic rings. The maximum atomic E-state index is 5.59. The molecule has 0 heterocycles. The van der Waals surface area contributed by atoms with Crippen LogP contribution >= 0.6 is 0 Å². The lowest BCUT2D eigenvalue weighted by molar-refractivity contribution is -0.0548. The minimum atomic E-state index is -0.137. The van der Waals surface area contributed by atoms with E-state index in [9.17, 15) is 0 Å². The second-order valence-corrected chi connectivity index (χ2v) is 3.19. The monoisotopic (exact) mass is 194 g/mol. The normalized spacial score (nSPS) is 12.5. The van der Waals surface area contributed by atoms with Crippen LogP contribution in [0.1, 0.15) is 25.8 Å². The van der Waals surface area contributed by atoms with Crippen molar-refractivity contribution in [2.45, 2.75) is 33.0 Å². The topological polar surface area (TPSA) is 18.5 Å². The second kappa shape index (κ2) is 5.66. The van der Waals surface area contributed by atoms with E-state index >= 15 is 0 Å². The Morgan fingerprint density at radius 1 is 1.14 bits per heavy atom. The van der Waals surface area contributed by atoms with Crippen LogP contribution in [0.4, 0.5) is 0 Å². The van der Waals surface area contributed by atoms with Crippen LogP contribution in [0.3, 0.4) is 0 Å². The summed E-state index contributed by atoms with van der Waals surface area (Å²) in [4.78, 5) is 0. The van der Waals surface area contributed by atoms with Gasteiger partial charge in [0.2, 0.25) is 0 Å². The van der Waals surface area contributed by atoms with Crippen molar-refractivity contribution in [2.75, 3.05) is 7.11 Å². The number of ether oxygens (including phenoxy) is 2. The van der Waals surface area contributed by atoms with Crippen LogP contribution in [0.2, 0.25) is 0 Å². The number of hydrogen-bond donors (Lipinski definition) is 0. The van der Waals surface area contributed by atoms with Crippen molar-refractivity contribution in [3.8, 4) is 5.75 Å². The van der Waals surface area contributed by atoms with Crippen molar-refractivity contribution < 1.29 is 9.47 Å². The Labute approximate surface area is 85.8 Å². The maximum absolute atomic E-state index is 5.59. The molecule has 0 saturated heterocycles. The minimum Gasteiger partial charge on any atom is -0.465 e. The molecular formula is C12H18O2. The van der Waals surface area contributed by atoms with E-state index in [2.05, 4.69) is 19.1 Å². The molecule has 2 heteroatoms. The van der Waals surface area contributed by atoms with Gasteiger partial charge in [-0.1, -0.05) is 26.0 Å². The third kappa shape index (κ3) is 3.04. The molecule has 1 aromatic carbocycles. The van der Waals surface area contributed by atoms with Gasteiger partial charge in [-0.25, -0.2) is 0 Å². The first kappa shape index (κ1) is 11.1. The number of benzene rings is 1. The van der Waals surface area contributed by atoms with Crippen LogP contribution < -0.4 is 4.74 Å². The molecule has 2 nitrogen and oxygen atoms in total. The lowest BCUT2D eigenvalue weighted by Crippen LogP contribution is -2.17. The van der Waals surface area contributed by atoms with Crippen LogP contribution in [-0.2, 0) is 11.2 Å². The molecule has 0 amide bonds. The van der Waals surface area contributed by atoms with Crippen LogP contribution in [-0.4, -0.2) is 13.4 Å². The first-order valence-corrected chi connectivity index (χ1v) is 5.08. The molecule has 0 saturated carbocycles. The lowest BCUT2D eigenvalue weighted by Gasteiger charge is -2.15. The van der Waals surface area contributed by atoms with E-state index < -0.39 is 0 Å². The molecule has 1 unspecified atom stereocenters. The van der Waals surface area contributed by atoms with Crippen molar-refractivity contribution >= 4 is 0 Å². The summed E-state index contributed by atoms with van der Waals surface area (Å²) in [7, 11) is 1.66. The zero-order valence-corrected chi connectivity index (χ0v) is 9.12. The fourth-order valence-corrected chi connectivity index (χ4v) is 1.25. The average molecular weight is 194 g/mol. The summed E-state index contributed by atoms with van der Waals surface area (Å²) >= 11 is 0. The molecule has 14 heavy (non-hydrogen) atoms. The summed E-state index contributed by atoms with van der Waals surface area (Å²) in [5, 5.41) is 0. The van der Waals surface area contributed by atoms with Gasteiger partial charge in [-0.15, -0.1) is 0 Å². The van der Waals surface area contributed by atoms with Gasteiger partial charge in [0.25, 0.3) is 0 Å². The zero-order chi connectivity index (χ0) is 10.4. The van der Waals surface area contributed by atoms with Gasteiger partial charge in [-0.3, -0.25) is 0 Å². The number of rotatable bonds is 5. The summed E-state index contributed by atoms with van der Waals surface area (Å²) in [6, 6.07) is 8.14. The molecule has 0 aliphatic rings. The highest BCUT2D eigenvalue weighted by molar-refractivity contribution is 5.27. The van der Waals surface area contributed by atoms with Crippen molar-refractivity contribution in [2.24, 2.45) is 0 Å². The molecule has 0 aliphatic heterocycles. The van der Waals surface area contributed by atoms with Crippen LogP contribution in [0.15, 0.2) is 24.3 Å². The summed E-state index contributed by atoms with van der Waals surface area (Å²) < 4.78 is 10.7. The van der Waals surface area contributed by atoms with Crippen molar-refractivity contribution in [3.63, 3.8) is 0 Å². The Morgan fingerprint density at radius 2 is 1.79 bits per heavy atom. The van der Waals surface area contributed by atoms with Crippen LogP contribution in [0, 0.1) is 0 Å². The fraction of sp³-hybridized carbons (Fsp3) is 0.500. The van der Waals surface area contributed by atoms with E-state index in [1.54, 1.807) is 7.11 Å². The molecule has 0 spiro atoms. The third-order valence-corrected chi connectivity index (χ3v) is 2.20. The summed E-state index contributed by atoms with van der Waals surface area (Å²) in [6.07, 6.45) is 1.77. The SMILES string of the molecule is CCc1ccc(OC(CC)OC)cc1.